The van der Waals surface area contributed by atoms with E-state index in [1.54, 1.807) is 43.3 Å². The van der Waals surface area contributed by atoms with Crippen LogP contribution in [0.3, 0.4) is 0 Å². The zero-order chi connectivity index (χ0) is 16.0. The van der Waals surface area contributed by atoms with E-state index in [2.05, 4.69) is 14.1 Å². The summed E-state index contributed by atoms with van der Waals surface area (Å²) in [5.41, 5.74) is 0.667. The van der Waals surface area contributed by atoms with Crippen LogP contribution >= 0.6 is 23.2 Å². The molecule has 0 saturated heterocycles. The molecule has 1 aromatic heterocycles. The molecule has 1 unspecified atom stereocenters. The van der Waals surface area contributed by atoms with E-state index in [1.165, 1.54) is 6.20 Å². The molecule has 0 bridgehead atoms. The van der Waals surface area contributed by atoms with Crippen LogP contribution in [-0.2, 0) is 15.7 Å². The number of hydrogen-bond acceptors (Lipinski definition) is 3. The lowest BCUT2D eigenvalue weighted by molar-refractivity contribution is 0.552. The van der Waals surface area contributed by atoms with Gasteiger partial charge in [-0.15, -0.1) is 0 Å². The first-order chi connectivity index (χ1) is 10.3. The number of pyridine rings is 1. The molecule has 0 fully saturated rings. The third-order valence-corrected chi connectivity index (χ3v) is 5.01. The van der Waals surface area contributed by atoms with Gasteiger partial charge in [-0.1, -0.05) is 41.4 Å². The summed E-state index contributed by atoms with van der Waals surface area (Å²) < 4.78 is 30.3. The highest BCUT2D eigenvalue weighted by molar-refractivity contribution is 7.88. The zero-order valence-electron chi connectivity index (χ0n) is 11.4. The fourth-order valence-electron chi connectivity index (χ4n) is 2.36. The Kier molecular flexibility index (Phi) is 3.72. The van der Waals surface area contributed by atoms with Crippen LogP contribution in [0.25, 0.3) is 0 Å². The molecule has 0 radical (unpaired) electrons. The summed E-state index contributed by atoms with van der Waals surface area (Å²) in [6.07, 6.45) is 1.53. The third-order valence-electron chi connectivity index (χ3n) is 3.44. The molecule has 0 saturated carbocycles. The number of rotatable bonds is 2. The molecule has 2 heterocycles. The molecule has 0 spiro atoms. The van der Waals surface area contributed by atoms with Crippen molar-refractivity contribution in [3.05, 3.63) is 63.9 Å². The lowest BCUT2D eigenvalue weighted by Crippen LogP contribution is -2.43. The largest absolute Gasteiger partial charge is 0.321 e. The highest BCUT2D eigenvalue weighted by Gasteiger charge is 2.43. The van der Waals surface area contributed by atoms with Crippen molar-refractivity contribution < 1.29 is 8.42 Å². The maximum absolute atomic E-state index is 12.0. The standard InChI is InChI=1S/C14H11Cl2N3O2S/c1-14(10-4-7-12(16)17-8-10)13(18-22(20,21)19-14)9-2-5-11(15)6-3-9/h2-8,19H,1H3. The summed E-state index contributed by atoms with van der Waals surface area (Å²) in [6, 6.07) is 10.1. The molecule has 0 aliphatic carbocycles. The molecule has 114 valence electrons. The molecule has 5 nitrogen and oxygen atoms in total. The summed E-state index contributed by atoms with van der Waals surface area (Å²) in [7, 11) is -3.78. The molecule has 1 N–H and O–H groups in total. The van der Waals surface area contributed by atoms with Gasteiger partial charge in [-0.3, -0.25) is 0 Å². The second-order valence-corrected chi connectivity index (χ2v) is 7.18. The van der Waals surface area contributed by atoms with Crippen LogP contribution in [0.4, 0.5) is 0 Å². The summed E-state index contributed by atoms with van der Waals surface area (Å²) in [5, 5.41) is 0.895. The van der Waals surface area contributed by atoms with E-state index >= 15 is 0 Å². The van der Waals surface area contributed by atoms with Gasteiger partial charge < -0.3 is 0 Å². The van der Waals surface area contributed by atoms with E-state index < -0.39 is 15.7 Å². The van der Waals surface area contributed by atoms with Crippen molar-refractivity contribution in [3.8, 4) is 0 Å². The minimum absolute atomic E-state index is 0.332. The number of aromatic nitrogens is 1. The molecule has 8 heteroatoms. The van der Waals surface area contributed by atoms with Crippen LogP contribution in [0.5, 0.6) is 0 Å². The van der Waals surface area contributed by atoms with E-state index in [0.717, 1.165) is 0 Å². The van der Waals surface area contributed by atoms with Gasteiger partial charge >= 0.3 is 10.2 Å². The van der Waals surface area contributed by atoms with Crippen molar-refractivity contribution in [2.45, 2.75) is 12.5 Å². The van der Waals surface area contributed by atoms with Gasteiger partial charge in [-0.25, -0.2) is 4.98 Å². The lowest BCUT2D eigenvalue weighted by Gasteiger charge is -2.25. The van der Waals surface area contributed by atoms with Crippen molar-refractivity contribution in [2.24, 2.45) is 4.40 Å². The SMILES string of the molecule is CC1(c2ccc(Cl)nc2)NS(=O)(=O)N=C1c1ccc(Cl)cc1. The third kappa shape index (κ3) is 2.75. The highest BCUT2D eigenvalue weighted by Crippen LogP contribution is 2.32. The highest BCUT2D eigenvalue weighted by atomic mass is 35.5. The van der Waals surface area contributed by atoms with Crippen molar-refractivity contribution in [1.29, 1.82) is 0 Å². The normalized spacial score (nSPS) is 23.3. The summed E-state index contributed by atoms with van der Waals surface area (Å²) >= 11 is 11.7. The van der Waals surface area contributed by atoms with Crippen molar-refractivity contribution >= 4 is 39.1 Å². The quantitative estimate of drug-likeness (QED) is 0.841. The minimum Gasteiger partial charge on any atom is -0.244 e. The Hall–Kier alpha value is -1.47. The van der Waals surface area contributed by atoms with Gasteiger partial charge in [0.05, 0.1) is 5.71 Å². The number of hydrogen-bond donors (Lipinski definition) is 1. The summed E-state index contributed by atoms with van der Waals surface area (Å²) in [6.45, 7) is 1.73. The predicted octanol–water partition coefficient (Wildman–Crippen LogP) is 2.94. The maximum Gasteiger partial charge on any atom is 0.321 e. The molecule has 1 aromatic carbocycles. The Bertz CT molecular complexity index is 849. The number of benzene rings is 1. The van der Waals surface area contributed by atoms with Crippen molar-refractivity contribution in [3.63, 3.8) is 0 Å². The number of nitrogens with zero attached hydrogens (tertiary/aromatic N) is 2. The fourth-order valence-corrected chi connectivity index (χ4v) is 3.90. The lowest BCUT2D eigenvalue weighted by atomic mass is 9.85. The van der Waals surface area contributed by atoms with Gasteiger partial charge in [0.25, 0.3) is 0 Å². The molecule has 2 aromatic rings. The predicted molar refractivity (Wildman–Crippen MR) is 86.6 cm³/mol. The summed E-state index contributed by atoms with van der Waals surface area (Å²) in [5.74, 6) is 0. The van der Waals surface area contributed by atoms with Gasteiger partial charge in [0.15, 0.2) is 0 Å². The average Bonchev–Trinajstić information content (AvgIpc) is 2.71. The van der Waals surface area contributed by atoms with E-state index in [-0.39, 0.29) is 0 Å². The van der Waals surface area contributed by atoms with Crippen LogP contribution in [0, 0.1) is 0 Å². The first-order valence-corrected chi connectivity index (χ1v) is 8.52. The molecule has 22 heavy (non-hydrogen) atoms. The van der Waals surface area contributed by atoms with Crippen molar-refractivity contribution in [1.82, 2.24) is 9.71 Å². The van der Waals surface area contributed by atoms with Gasteiger partial charge in [-0.05, 0) is 36.2 Å². The Morgan fingerprint density at radius 2 is 1.77 bits per heavy atom. The Balaban J connectivity index is 2.16. The van der Waals surface area contributed by atoms with Gasteiger partial charge in [0.1, 0.15) is 10.7 Å². The second kappa shape index (κ2) is 5.31. The van der Waals surface area contributed by atoms with Crippen LogP contribution < -0.4 is 4.72 Å². The monoisotopic (exact) mass is 355 g/mol. The van der Waals surface area contributed by atoms with Crippen LogP contribution in [0.1, 0.15) is 18.1 Å². The van der Waals surface area contributed by atoms with E-state index in [1.807, 2.05) is 0 Å². The molecular weight excluding hydrogens is 345 g/mol. The number of nitrogens with one attached hydrogen (secondary N) is 1. The van der Waals surface area contributed by atoms with Crippen LogP contribution in [0.2, 0.25) is 10.2 Å². The first-order valence-electron chi connectivity index (χ1n) is 6.32. The zero-order valence-corrected chi connectivity index (χ0v) is 13.7. The molecule has 1 atom stereocenters. The van der Waals surface area contributed by atoms with E-state index in [0.29, 0.717) is 27.0 Å². The van der Waals surface area contributed by atoms with E-state index in [9.17, 15) is 8.42 Å². The molecule has 1 aliphatic rings. The molecule has 1 aliphatic heterocycles. The minimum atomic E-state index is -3.78. The first kappa shape index (κ1) is 15.4. The van der Waals surface area contributed by atoms with Crippen LogP contribution in [-0.4, -0.2) is 19.1 Å². The molecular formula is C14H11Cl2N3O2S. The maximum atomic E-state index is 12.0. The van der Waals surface area contributed by atoms with Crippen LogP contribution in [0.15, 0.2) is 47.0 Å². The molecule has 0 amide bonds. The second-order valence-electron chi connectivity index (χ2n) is 5.02. The van der Waals surface area contributed by atoms with E-state index in [4.69, 9.17) is 23.2 Å². The smallest absolute Gasteiger partial charge is 0.244 e. The van der Waals surface area contributed by atoms with Gasteiger partial charge in [0.2, 0.25) is 0 Å². The molecule has 3 rings (SSSR count). The topological polar surface area (TPSA) is 71.4 Å². The fraction of sp³-hybridized carbons (Fsp3) is 0.143. The van der Waals surface area contributed by atoms with Gasteiger partial charge in [-0.2, -0.15) is 17.5 Å². The van der Waals surface area contributed by atoms with Gasteiger partial charge in [0, 0.05) is 11.2 Å². The number of halogens is 2. The van der Waals surface area contributed by atoms with Crippen molar-refractivity contribution in [2.75, 3.05) is 0 Å². The Morgan fingerprint density at radius 1 is 1.09 bits per heavy atom. The Morgan fingerprint density at radius 3 is 2.36 bits per heavy atom. The Labute approximate surface area is 138 Å². The average molecular weight is 356 g/mol. The summed E-state index contributed by atoms with van der Waals surface area (Å²) in [4.78, 5) is 4.01.